The molecule has 1 N–H and O–H groups in total. The zero-order valence-electron chi connectivity index (χ0n) is 24.5. The molecule has 2 saturated heterocycles. The fourth-order valence-corrected chi connectivity index (χ4v) is 5.60. The lowest BCUT2D eigenvalue weighted by molar-refractivity contribution is -0.127. The van der Waals surface area contributed by atoms with E-state index >= 15 is 0 Å². The minimum absolute atomic E-state index is 0.00671. The van der Waals surface area contributed by atoms with Crippen LogP contribution in [-0.4, -0.2) is 83.8 Å². The molecule has 226 valence electrons. The van der Waals surface area contributed by atoms with Crippen LogP contribution in [0.2, 0.25) is 0 Å². The van der Waals surface area contributed by atoms with Gasteiger partial charge in [0.05, 0.1) is 18.5 Å². The first-order valence-corrected chi connectivity index (χ1v) is 15.1. The molecule has 1 aromatic carbocycles. The number of rotatable bonds is 12. The Hall–Kier alpha value is -4.48. The summed E-state index contributed by atoms with van der Waals surface area (Å²) in [6.07, 6.45) is 8.53. The Bertz CT molecular complexity index is 1480. The molecule has 3 aromatic rings. The molecule has 2 aliphatic heterocycles. The molecule has 0 radical (unpaired) electrons. The number of ether oxygens (including phenoxy) is 1. The van der Waals surface area contributed by atoms with Gasteiger partial charge in [0, 0.05) is 75.9 Å². The van der Waals surface area contributed by atoms with Crippen LogP contribution >= 0.6 is 0 Å². The summed E-state index contributed by atoms with van der Waals surface area (Å²) < 4.78 is 10.8. The van der Waals surface area contributed by atoms with Crippen molar-refractivity contribution >= 4 is 34.9 Å². The number of aromatic nitrogens is 3. The number of nitrogens with one attached hydrogen (secondary N) is 1. The number of piperazine rings is 1. The number of anilines is 3. The number of benzene rings is 1. The van der Waals surface area contributed by atoms with E-state index in [9.17, 15) is 14.4 Å². The lowest BCUT2D eigenvalue weighted by Gasteiger charge is -2.37. The third kappa shape index (κ3) is 6.79. The van der Waals surface area contributed by atoms with Crippen molar-refractivity contribution in [1.82, 2.24) is 19.9 Å². The molecular weight excluding hydrogens is 550 g/mol. The number of amides is 2. The fraction of sp³-hybridized carbons (Fsp3) is 0.484. The van der Waals surface area contributed by atoms with E-state index in [0.717, 1.165) is 37.9 Å². The lowest BCUT2D eigenvalue weighted by atomic mass is 10.0. The number of nitrogens with zero attached hydrogens (tertiary/aromatic N) is 6. The van der Waals surface area contributed by atoms with E-state index < -0.39 is 0 Å². The summed E-state index contributed by atoms with van der Waals surface area (Å²) in [5, 5.41) is 3.00. The molecule has 12 nitrogen and oxygen atoms in total. The molecule has 12 heteroatoms. The topological polar surface area (TPSA) is 134 Å². The van der Waals surface area contributed by atoms with Crippen molar-refractivity contribution in [1.29, 1.82) is 0 Å². The van der Waals surface area contributed by atoms with Gasteiger partial charge in [-0.05, 0) is 50.3 Å². The Kier molecular flexibility index (Phi) is 8.52. The normalized spacial score (nSPS) is 17.0. The second-order valence-electron chi connectivity index (χ2n) is 11.3. The van der Waals surface area contributed by atoms with Gasteiger partial charge in [0.15, 0.2) is 17.4 Å². The maximum absolute atomic E-state index is 13.2. The smallest absolute Gasteiger partial charge is 0.277 e. The highest BCUT2D eigenvalue weighted by molar-refractivity contribution is 6.06. The zero-order chi connectivity index (χ0) is 29.8. The lowest BCUT2D eigenvalue weighted by Crippen LogP contribution is -2.47. The van der Waals surface area contributed by atoms with Crippen LogP contribution in [0.3, 0.4) is 0 Å². The number of methoxy groups -OCH3 is 1. The number of carbonyl (C=O) groups is 3. The Morgan fingerprint density at radius 3 is 2.60 bits per heavy atom. The van der Waals surface area contributed by atoms with Gasteiger partial charge in [-0.1, -0.05) is 0 Å². The van der Waals surface area contributed by atoms with Crippen LogP contribution < -0.4 is 19.9 Å². The molecule has 0 spiro atoms. The minimum atomic E-state index is -0.375. The van der Waals surface area contributed by atoms with Crippen molar-refractivity contribution < 1.29 is 23.5 Å². The maximum Gasteiger partial charge on any atom is 0.277 e. The maximum atomic E-state index is 13.2. The Morgan fingerprint density at radius 1 is 1.05 bits per heavy atom. The average molecular weight is 588 g/mol. The van der Waals surface area contributed by atoms with Crippen molar-refractivity contribution in [2.75, 3.05) is 61.5 Å². The van der Waals surface area contributed by atoms with Crippen LogP contribution in [0.4, 0.5) is 17.3 Å². The van der Waals surface area contributed by atoms with Crippen LogP contribution in [0.25, 0.3) is 0 Å². The number of hydrogen-bond acceptors (Lipinski definition) is 10. The van der Waals surface area contributed by atoms with Crippen LogP contribution in [-0.2, 0) is 4.79 Å². The monoisotopic (exact) mass is 587 g/mol. The SMILES string of the molecule is COc1ccnc(N2CCN(c3ccc(C(=O)CCCCN4CCCC4=O)cc3NC(=O)c3coc(C4CC4)n3)CC2)n1. The first-order valence-electron chi connectivity index (χ1n) is 15.1. The van der Waals surface area contributed by atoms with E-state index in [4.69, 9.17) is 9.15 Å². The average Bonchev–Trinajstić information content (AvgIpc) is 3.62. The Labute approximate surface area is 250 Å². The number of Topliss-reactive ketones (excluding diaryl/α,β-unsaturated/α-hetero) is 1. The third-order valence-corrected chi connectivity index (χ3v) is 8.23. The highest BCUT2D eigenvalue weighted by Crippen LogP contribution is 2.39. The third-order valence-electron chi connectivity index (χ3n) is 8.23. The molecule has 6 rings (SSSR count). The molecule has 0 bridgehead atoms. The number of unbranched alkanes of at least 4 members (excludes halogenated alkanes) is 1. The molecule has 1 saturated carbocycles. The van der Waals surface area contributed by atoms with Gasteiger partial charge in [0.2, 0.25) is 17.7 Å². The van der Waals surface area contributed by atoms with Crippen molar-refractivity contribution in [2.45, 2.75) is 50.9 Å². The molecule has 2 aromatic heterocycles. The number of likely N-dealkylation sites (tertiary alicyclic amines) is 1. The summed E-state index contributed by atoms with van der Waals surface area (Å²) in [7, 11) is 1.58. The molecule has 3 aliphatic rings. The van der Waals surface area contributed by atoms with Crippen LogP contribution in [0.15, 0.2) is 41.1 Å². The van der Waals surface area contributed by atoms with Crippen LogP contribution in [0.5, 0.6) is 5.88 Å². The summed E-state index contributed by atoms with van der Waals surface area (Å²) in [5.41, 5.74) is 2.15. The Balaban J connectivity index is 1.15. The van der Waals surface area contributed by atoms with Gasteiger partial charge in [-0.3, -0.25) is 14.4 Å². The highest BCUT2D eigenvalue weighted by atomic mass is 16.5. The number of hydrogen-bond donors (Lipinski definition) is 1. The standard InChI is InChI=1S/C31H37N7O5/c1-42-27-11-12-32-31(35-27)38-17-15-36(16-18-38)25-10-9-22(26(39)5-2-3-13-37-14-4-6-28(37)40)19-23(25)33-29(41)24-20-43-30(34-24)21-7-8-21/h9-12,19-21H,2-8,13-18H2,1H3,(H,33,41). The van der Waals surface area contributed by atoms with Crippen LogP contribution in [0, 0.1) is 0 Å². The first kappa shape index (κ1) is 28.6. The molecule has 0 atom stereocenters. The summed E-state index contributed by atoms with van der Waals surface area (Å²) in [5.74, 6) is 1.86. The van der Waals surface area contributed by atoms with Gasteiger partial charge in [-0.2, -0.15) is 4.98 Å². The van der Waals surface area contributed by atoms with Crippen LogP contribution in [0.1, 0.15) is 77.6 Å². The largest absolute Gasteiger partial charge is 0.481 e. The predicted octanol–water partition coefficient (Wildman–Crippen LogP) is 3.90. The minimum Gasteiger partial charge on any atom is -0.481 e. The predicted molar refractivity (Wildman–Crippen MR) is 160 cm³/mol. The van der Waals surface area contributed by atoms with E-state index in [1.165, 1.54) is 6.26 Å². The van der Waals surface area contributed by atoms with Gasteiger partial charge in [-0.15, -0.1) is 0 Å². The Morgan fingerprint density at radius 2 is 1.86 bits per heavy atom. The summed E-state index contributed by atoms with van der Waals surface area (Å²) in [4.78, 5) is 57.7. The van der Waals surface area contributed by atoms with Crippen molar-refractivity contribution in [3.63, 3.8) is 0 Å². The second-order valence-corrected chi connectivity index (χ2v) is 11.3. The van der Waals surface area contributed by atoms with Crippen molar-refractivity contribution in [3.05, 3.63) is 53.9 Å². The number of oxazole rings is 1. The molecule has 1 aliphatic carbocycles. The van der Waals surface area contributed by atoms with E-state index in [2.05, 4.69) is 30.1 Å². The van der Waals surface area contributed by atoms with Gasteiger partial charge in [0.1, 0.15) is 6.26 Å². The molecule has 4 heterocycles. The van der Waals surface area contributed by atoms with Gasteiger partial charge < -0.3 is 29.2 Å². The molecule has 43 heavy (non-hydrogen) atoms. The van der Waals surface area contributed by atoms with E-state index in [0.29, 0.717) is 86.9 Å². The first-order chi connectivity index (χ1) is 21.0. The molecular formula is C31H37N7O5. The fourth-order valence-electron chi connectivity index (χ4n) is 5.60. The molecule has 0 unspecified atom stereocenters. The molecule has 3 fully saturated rings. The molecule has 2 amide bonds. The quantitative estimate of drug-likeness (QED) is 0.246. The van der Waals surface area contributed by atoms with Gasteiger partial charge in [0.25, 0.3) is 5.91 Å². The summed E-state index contributed by atoms with van der Waals surface area (Å²) in [6, 6.07) is 7.21. The van der Waals surface area contributed by atoms with E-state index in [-0.39, 0.29) is 23.3 Å². The number of carbonyl (C=O) groups excluding carboxylic acids is 3. The van der Waals surface area contributed by atoms with Crippen molar-refractivity contribution in [2.24, 2.45) is 0 Å². The van der Waals surface area contributed by atoms with E-state index in [1.807, 2.05) is 17.0 Å². The van der Waals surface area contributed by atoms with Gasteiger partial charge >= 0.3 is 0 Å². The zero-order valence-corrected chi connectivity index (χ0v) is 24.5. The summed E-state index contributed by atoms with van der Waals surface area (Å²) in [6.45, 7) is 4.19. The highest BCUT2D eigenvalue weighted by Gasteiger charge is 2.30. The second kappa shape index (κ2) is 12.8. The van der Waals surface area contributed by atoms with E-state index in [1.54, 1.807) is 25.4 Å². The summed E-state index contributed by atoms with van der Waals surface area (Å²) >= 11 is 0. The van der Waals surface area contributed by atoms with Crippen molar-refractivity contribution in [3.8, 4) is 5.88 Å². The number of ketones is 1. The van der Waals surface area contributed by atoms with Gasteiger partial charge in [-0.25, -0.2) is 9.97 Å².